The number of nitrogen functional groups attached to an aromatic ring is 2. The topological polar surface area (TPSA) is 52.0 Å². The molecule has 0 bridgehead atoms. The van der Waals surface area contributed by atoms with Gasteiger partial charge in [0.05, 0.1) is 0 Å². The highest BCUT2D eigenvalue weighted by Crippen LogP contribution is 2.24. The first kappa shape index (κ1) is 12.0. The SMILES string of the molecule is C=Cc1cc(N)cc(N)c1C=Cc1ccccc1. The molecule has 0 heterocycles. The van der Waals surface area contributed by atoms with Crippen molar-refractivity contribution in [1.29, 1.82) is 0 Å². The third-order valence-corrected chi connectivity index (χ3v) is 2.73. The van der Waals surface area contributed by atoms with Crippen LogP contribution >= 0.6 is 0 Å². The summed E-state index contributed by atoms with van der Waals surface area (Å²) in [6.45, 7) is 3.78. The first-order chi connectivity index (χ1) is 8.70. The van der Waals surface area contributed by atoms with E-state index in [0.717, 1.165) is 16.7 Å². The fourth-order valence-electron chi connectivity index (χ4n) is 1.83. The Bertz CT molecular complexity index is 584. The van der Waals surface area contributed by atoms with Crippen molar-refractivity contribution in [2.75, 3.05) is 11.5 Å². The van der Waals surface area contributed by atoms with Crippen LogP contribution in [0.1, 0.15) is 16.7 Å². The van der Waals surface area contributed by atoms with Gasteiger partial charge in [0.25, 0.3) is 0 Å². The molecule has 18 heavy (non-hydrogen) atoms. The van der Waals surface area contributed by atoms with Gasteiger partial charge in [0.1, 0.15) is 0 Å². The lowest BCUT2D eigenvalue weighted by molar-refractivity contribution is 1.59. The van der Waals surface area contributed by atoms with Crippen LogP contribution in [-0.4, -0.2) is 0 Å². The van der Waals surface area contributed by atoms with Crippen LogP contribution in [0.25, 0.3) is 18.2 Å². The van der Waals surface area contributed by atoms with Crippen LogP contribution in [0.3, 0.4) is 0 Å². The van der Waals surface area contributed by atoms with Crippen LogP contribution in [0.4, 0.5) is 11.4 Å². The molecule has 0 fully saturated rings. The molecular formula is C16H16N2. The van der Waals surface area contributed by atoms with E-state index in [4.69, 9.17) is 11.5 Å². The molecule has 0 saturated carbocycles. The van der Waals surface area contributed by atoms with E-state index in [1.165, 1.54) is 0 Å². The predicted octanol–water partition coefficient (Wildman–Crippen LogP) is 3.66. The smallest absolute Gasteiger partial charge is 0.0414 e. The van der Waals surface area contributed by atoms with Crippen molar-refractivity contribution in [3.8, 4) is 0 Å². The van der Waals surface area contributed by atoms with Gasteiger partial charge in [-0.25, -0.2) is 0 Å². The average molecular weight is 236 g/mol. The number of anilines is 2. The first-order valence-electron chi connectivity index (χ1n) is 5.75. The predicted molar refractivity (Wildman–Crippen MR) is 80.7 cm³/mol. The Morgan fingerprint density at radius 2 is 1.67 bits per heavy atom. The van der Waals surface area contributed by atoms with Gasteiger partial charge in [-0.3, -0.25) is 0 Å². The van der Waals surface area contributed by atoms with Gasteiger partial charge in [-0.15, -0.1) is 0 Å². The quantitative estimate of drug-likeness (QED) is 0.631. The third kappa shape index (κ3) is 2.61. The summed E-state index contributed by atoms with van der Waals surface area (Å²) in [5.41, 5.74) is 16.1. The van der Waals surface area contributed by atoms with Gasteiger partial charge in [-0.05, 0) is 23.3 Å². The molecule has 2 rings (SSSR count). The summed E-state index contributed by atoms with van der Waals surface area (Å²) in [7, 11) is 0. The summed E-state index contributed by atoms with van der Waals surface area (Å²) in [6, 6.07) is 13.7. The van der Waals surface area contributed by atoms with Gasteiger partial charge in [0, 0.05) is 16.9 Å². The molecule has 0 aliphatic rings. The summed E-state index contributed by atoms with van der Waals surface area (Å²) < 4.78 is 0. The molecular weight excluding hydrogens is 220 g/mol. The van der Waals surface area contributed by atoms with Crippen molar-refractivity contribution in [2.45, 2.75) is 0 Å². The van der Waals surface area contributed by atoms with Crippen molar-refractivity contribution in [3.63, 3.8) is 0 Å². The zero-order chi connectivity index (χ0) is 13.0. The van der Waals surface area contributed by atoms with Gasteiger partial charge in [0.2, 0.25) is 0 Å². The van der Waals surface area contributed by atoms with E-state index < -0.39 is 0 Å². The summed E-state index contributed by atoms with van der Waals surface area (Å²) in [4.78, 5) is 0. The van der Waals surface area contributed by atoms with Crippen LogP contribution in [-0.2, 0) is 0 Å². The maximum absolute atomic E-state index is 5.98. The lowest BCUT2D eigenvalue weighted by Gasteiger charge is -2.07. The van der Waals surface area contributed by atoms with Crippen LogP contribution < -0.4 is 11.5 Å². The normalized spacial score (nSPS) is 10.7. The number of hydrogen-bond donors (Lipinski definition) is 2. The van der Waals surface area contributed by atoms with Crippen molar-refractivity contribution < 1.29 is 0 Å². The van der Waals surface area contributed by atoms with Crippen molar-refractivity contribution in [3.05, 3.63) is 65.7 Å². The molecule has 0 radical (unpaired) electrons. The maximum atomic E-state index is 5.98. The number of benzene rings is 2. The van der Waals surface area contributed by atoms with E-state index >= 15 is 0 Å². The highest BCUT2D eigenvalue weighted by molar-refractivity contribution is 5.83. The molecule has 0 aromatic heterocycles. The standard InChI is InChI=1S/C16H16N2/c1-2-13-10-14(17)11-16(18)15(13)9-8-12-6-4-3-5-7-12/h2-11H,1,17-18H2. The van der Waals surface area contributed by atoms with E-state index in [2.05, 4.69) is 6.58 Å². The Labute approximate surface area is 107 Å². The monoisotopic (exact) mass is 236 g/mol. The van der Waals surface area contributed by atoms with Crippen LogP contribution in [0, 0.1) is 0 Å². The minimum absolute atomic E-state index is 0.652. The van der Waals surface area contributed by atoms with E-state index in [1.807, 2.05) is 48.6 Å². The Morgan fingerprint density at radius 1 is 0.944 bits per heavy atom. The molecule has 2 aromatic rings. The summed E-state index contributed by atoms with van der Waals surface area (Å²) in [6.07, 6.45) is 5.77. The van der Waals surface area contributed by atoms with Gasteiger partial charge < -0.3 is 11.5 Å². The van der Waals surface area contributed by atoms with Gasteiger partial charge in [-0.2, -0.15) is 0 Å². The summed E-state index contributed by atoms with van der Waals surface area (Å²) in [5, 5.41) is 0. The van der Waals surface area contributed by atoms with Crippen molar-refractivity contribution in [1.82, 2.24) is 0 Å². The highest BCUT2D eigenvalue weighted by atomic mass is 14.6. The molecule has 0 unspecified atom stereocenters. The minimum atomic E-state index is 0.652. The molecule has 0 aliphatic carbocycles. The van der Waals surface area contributed by atoms with E-state index in [-0.39, 0.29) is 0 Å². The molecule has 4 N–H and O–H groups in total. The molecule has 0 aliphatic heterocycles. The zero-order valence-electron chi connectivity index (χ0n) is 10.1. The Kier molecular flexibility index (Phi) is 3.49. The minimum Gasteiger partial charge on any atom is -0.399 e. The van der Waals surface area contributed by atoms with Gasteiger partial charge >= 0.3 is 0 Å². The molecule has 2 heteroatoms. The number of hydrogen-bond acceptors (Lipinski definition) is 2. The van der Waals surface area contributed by atoms with Crippen LogP contribution in [0.15, 0.2) is 49.0 Å². The van der Waals surface area contributed by atoms with E-state index in [9.17, 15) is 0 Å². The summed E-state index contributed by atoms with van der Waals surface area (Å²) in [5.74, 6) is 0. The molecule has 0 spiro atoms. The maximum Gasteiger partial charge on any atom is 0.0414 e. The summed E-state index contributed by atoms with van der Waals surface area (Å²) >= 11 is 0. The highest BCUT2D eigenvalue weighted by Gasteiger charge is 2.02. The lowest BCUT2D eigenvalue weighted by atomic mass is 10.0. The third-order valence-electron chi connectivity index (χ3n) is 2.73. The van der Waals surface area contributed by atoms with Gasteiger partial charge in [-0.1, -0.05) is 55.1 Å². The molecule has 90 valence electrons. The first-order valence-corrected chi connectivity index (χ1v) is 5.75. The second kappa shape index (κ2) is 5.23. The molecule has 2 aromatic carbocycles. The van der Waals surface area contributed by atoms with Gasteiger partial charge in [0.15, 0.2) is 0 Å². The lowest BCUT2D eigenvalue weighted by Crippen LogP contribution is -1.95. The van der Waals surface area contributed by atoms with Crippen LogP contribution in [0.5, 0.6) is 0 Å². The zero-order valence-corrected chi connectivity index (χ0v) is 10.1. The molecule has 0 amide bonds. The Balaban J connectivity index is 2.40. The second-order valence-electron chi connectivity index (χ2n) is 4.06. The number of nitrogens with two attached hydrogens (primary N) is 2. The second-order valence-corrected chi connectivity index (χ2v) is 4.06. The van der Waals surface area contributed by atoms with Crippen molar-refractivity contribution in [2.24, 2.45) is 0 Å². The molecule has 0 atom stereocenters. The van der Waals surface area contributed by atoms with Crippen molar-refractivity contribution >= 4 is 29.6 Å². The van der Waals surface area contributed by atoms with Crippen LogP contribution in [0.2, 0.25) is 0 Å². The largest absolute Gasteiger partial charge is 0.399 e. The Morgan fingerprint density at radius 3 is 2.33 bits per heavy atom. The number of rotatable bonds is 3. The molecule has 2 nitrogen and oxygen atoms in total. The molecule has 0 saturated heterocycles. The fourth-order valence-corrected chi connectivity index (χ4v) is 1.83. The van der Waals surface area contributed by atoms with E-state index in [1.54, 1.807) is 12.1 Å². The Hall–Kier alpha value is -2.48. The van der Waals surface area contributed by atoms with E-state index in [0.29, 0.717) is 11.4 Å². The average Bonchev–Trinajstić information content (AvgIpc) is 2.38. The fraction of sp³-hybridized carbons (Fsp3) is 0.